The molecule has 0 aliphatic carbocycles. The third kappa shape index (κ3) is 4.30. The molecule has 150 valence electrons. The van der Waals surface area contributed by atoms with E-state index in [9.17, 15) is 32.3 Å². The van der Waals surface area contributed by atoms with Gasteiger partial charge in [-0.05, 0) is 18.6 Å². The molecule has 0 fully saturated rings. The molecule has 1 aromatic heterocycles. The number of benzene rings is 1. The number of hydrogen-bond donors (Lipinski definition) is 2. The molecule has 0 saturated carbocycles. The van der Waals surface area contributed by atoms with Gasteiger partial charge in [0.05, 0.1) is 11.1 Å². The number of halogens is 3. The van der Waals surface area contributed by atoms with Crippen LogP contribution in [0.1, 0.15) is 39.6 Å². The number of esters is 1. The number of nitrogen functional groups attached to an aromatic ring is 1. The van der Waals surface area contributed by atoms with Gasteiger partial charge in [0.15, 0.2) is 6.61 Å². The first kappa shape index (κ1) is 20.9. The van der Waals surface area contributed by atoms with Crippen LogP contribution in [0.3, 0.4) is 0 Å². The van der Waals surface area contributed by atoms with Crippen molar-refractivity contribution < 1.29 is 27.5 Å². The molecular formula is C17H16F3N3O5. The second-order valence-electron chi connectivity index (χ2n) is 5.71. The Bertz CT molecular complexity index is 1020. The van der Waals surface area contributed by atoms with Crippen molar-refractivity contribution in [1.29, 1.82) is 0 Å². The van der Waals surface area contributed by atoms with E-state index < -0.39 is 58.3 Å². The lowest BCUT2D eigenvalue weighted by Crippen LogP contribution is -2.37. The van der Waals surface area contributed by atoms with E-state index in [4.69, 9.17) is 5.73 Å². The van der Waals surface area contributed by atoms with E-state index in [2.05, 4.69) is 4.74 Å². The summed E-state index contributed by atoms with van der Waals surface area (Å²) in [4.78, 5) is 49.8. The fourth-order valence-corrected chi connectivity index (χ4v) is 2.49. The normalized spacial score (nSPS) is 11.3. The summed E-state index contributed by atoms with van der Waals surface area (Å²) in [5.74, 6) is -2.85. The van der Waals surface area contributed by atoms with Crippen molar-refractivity contribution in [3.05, 3.63) is 61.8 Å². The van der Waals surface area contributed by atoms with E-state index in [0.29, 0.717) is 12.5 Å². The van der Waals surface area contributed by atoms with Crippen molar-refractivity contribution in [2.24, 2.45) is 0 Å². The molecule has 28 heavy (non-hydrogen) atoms. The quantitative estimate of drug-likeness (QED) is 0.562. The molecule has 0 aliphatic rings. The molecule has 0 bridgehead atoms. The van der Waals surface area contributed by atoms with Gasteiger partial charge in [-0.15, -0.1) is 0 Å². The topological polar surface area (TPSA) is 124 Å². The largest absolute Gasteiger partial charge is 0.454 e. The van der Waals surface area contributed by atoms with E-state index in [1.165, 1.54) is 6.07 Å². The molecule has 0 unspecified atom stereocenters. The summed E-state index contributed by atoms with van der Waals surface area (Å²) in [6.07, 6.45) is -4.32. The molecule has 0 saturated heterocycles. The van der Waals surface area contributed by atoms with Gasteiger partial charge in [-0.3, -0.25) is 19.1 Å². The smallest absolute Gasteiger partial charge is 0.417 e. The SMILES string of the molecule is CCCn1c(N)c(C(=O)COC(=O)c2ccccc2C(F)(F)F)c(=O)[nH]c1=O. The van der Waals surface area contributed by atoms with E-state index in [-0.39, 0.29) is 6.54 Å². The molecule has 8 nitrogen and oxygen atoms in total. The maximum Gasteiger partial charge on any atom is 0.417 e. The third-order valence-corrected chi connectivity index (χ3v) is 3.75. The second kappa shape index (κ2) is 8.11. The average Bonchev–Trinajstić information content (AvgIpc) is 2.62. The summed E-state index contributed by atoms with van der Waals surface area (Å²) >= 11 is 0. The van der Waals surface area contributed by atoms with Crippen LogP contribution in [0.4, 0.5) is 19.0 Å². The Morgan fingerprint density at radius 3 is 2.46 bits per heavy atom. The number of Topliss-reactive ketones (excluding diaryl/α,β-unsaturated/α-hetero) is 1. The van der Waals surface area contributed by atoms with Crippen molar-refractivity contribution in [2.75, 3.05) is 12.3 Å². The molecule has 0 spiro atoms. The lowest BCUT2D eigenvalue weighted by Gasteiger charge is -2.13. The molecule has 0 atom stereocenters. The Kier molecular flexibility index (Phi) is 6.06. The molecule has 1 heterocycles. The van der Waals surface area contributed by atoms with Crippen LogP contribution in [0.5, 0.6) is 0 Å². The highest BCUT2D eigenvalue weighted by atomic mass is 19.4. The Hall–Kier alpha value is -3.37. The highest BCUT2D eigenvalue weighted by molar-refractivity contribution is 6.02. The van der Waals surface area contributed by atoms with Gasteiger partial charge in [-0.2, -0.15) is 13.2 Å². The number of ketones is 1. The first-order chi connectivity index (χ1) is 13.1. The van der Waals surface area contributed by atoms with Gasteiger partial charge < -0.3 is 10.5 Å². The monoisotopic (exact) mass is 399 g/mol. The molecular weight excluding hydrogens is 383 g/mol. The summed E-state index contributed by atoms with van der Waals surface area (Å²) in [7, 11) is 0. The molecule has 1 aromatic carbocycles. The number of carbonyl (C=O) groups excluding carboxylic acids is 2. The fraction of sp³-hybridized carbons (Fsp3) is 0.294. The number of nitrogens with two attached hydrogens (primary N) is 1. The van der Waals surface area contributed by atoms with Crippen LogP contribution < -0.4 is 17.0 Å². The van der Waals surface area contributed by atoms with Gasteiger partial charge in [0, 0.05) is 6.54 Å². The van der Waals surface area contributed by atoms with Crippen molar-refractivity contribution >= 4 is 17.6 Å². The number of anilines is 1. The predicted molar refractivity (Wildman–Crippen MR) is 92.1 cm³/mol. The molecule has 3 N–H and O–H groups in total. The van der Waals surface area contributed by atoms with Crippen LogP contribution >= 0.6 is 0 Å². The molecule has 0 radical (unpaired) electrons. The number of aromatic amines is 1. The predicted octanol–water partition coefficient (Wildman–Crippen LogP) is 1.59. The number of carbonyl (C=O) groups is 2. The molecule has 0 aliphatic heterocycles. The maximum absolute atomic E-state index is 13.0. The van der Waals surface area contributed by atoms with Gasteiger partial charge in [-0.25, -0.2) is 9.59 Å². The number of aromatic nitrogens is 2. The standard InChI is InChI=1S/C17H16F3N3O5/c1-2-7-23-13(21)12(14(25)22-16(23)27)11(24)8-28-15(26)9-5-3-4-6-10(9)17(18,19)20/h3-6H,2,7-8,21H2,1H3,(H,22,25,27). The number of nitrogens with one attached hydrogen (secondary N) is 1. The molecule has 2 aromatic rings. The number of alkyl halides is 3. The summed E-state index contributed by atoms with van der Waals surface area (Å²) in [5.41, 5.74) is 1.21. The minimum absolute atomic E-state index is 0.125. The zero-order chi connectivity index (χ0) is 21.1. The number of nitrogens with zero attached hydrogens (tertiary/aromatic N) is 1. The van der Waals surface area contributed by atoms with Gasteiger partial charge in [0.1, 0.15) is 11.4 Å². The van der Waals surface area contributed by atoms with Gasteiger partial charge in [-0.1, -0.05) is 19.1 Å². The van der Waals surface area contributed by atoms with Crippen LogP contribution in [0.25, 0.3) is 0 Å². The third-order valence-electron chi connectivity index (χ3n) is 3.75. The Morgan fingerprint density at radius 2 is 1.86 bits per heavy atom. The van der Waals surface area contributed by atoms with Crippen LogP contribution in [0.15, 0.2) is 33.9 Å². The van der Waals surface area contributed by atoms with Gasteiger partial charge in [0.2, 0.25) is 5.78 Å². The number of rotatable bonds is 6. The summed E-state index contributed by atoms with van der Waals surface area (Å²) in [5, 5.41) is 0. The number of H-pyrrole nitrogens is 1. The van der Waals surface area contributed by atoms with Crippen molar-refractivity contribution in [3.63, 3.8) is 0 Å². The highest BCUT2D eigenvalue weighted by Crippen LogP contribution is 2.32. The number of hydrogen-bond acceptors (Lipinski definition) is 6. The molecule has 2 rings (SSSR count). The minimum Gasteiger partial charge on any atom is -0.454 e. The molecule has 0 amide bonds. The Balaban J connectivity index is 2.27. The van der Waals surface area contributed by atoms with Crippen LogP contribution in [-0.2, 0) is 17.5 Å². The van der Waals surface area contributed by atoms with Crippen molar-refractivity contribution in [2.45, 2.75) is 26.1 Å². The van der Waals surface area contributed by atoms with Crippen LogP contribution in [0, 0.1) is 0 Å². The first-order valence-electron chi connectivity index (χ1n) is 8.07. The highest BCUT2D eigenvalue weighted by Gasteiger charge is 2.35. The van der Waals surface area contributed by atoms with Crippen molar-refractivity contribution in [1.82, 2.24) is 9.55 Å². The zero-order valence-electron chi connectivity index (χ0n) is 14.6. The Morgan fingerprint density at radius 1 is 1.21 bits per heavy atom. The summed E-state index contributed by atoms with van der Waals surface area (Å²) in [6, 6.07) is 3.90. The summed E-state index contributed by atoms with van der Waals surface area (Å²) in [6.45, 7) is 0.835. The van der Waals surface area contributed by atoms with Crippen LogP contribution in [-0.4, -0.2) is 27.9 Å². The van der Waals surface area contributed by atoms with E-state index in [1.54, 1.807) is 6.92 Å². The van der Waals surface area contributed by atoms with E-state index >= 15 is 0 Å². The summed E-state index contributed by atoms with van der Waals surface area (Å²) < 4.78 is 44.5. The minimum atomic E-state index is -4.79. The Labute approximate surface area is 155 Å². The van der Waals surface area contributed by atoms with Crippen LogP contribution in [0.2, 0.25) is 0 Å². The first-order valence-corrected chi connectivity index (χ1v) is 8.07. The zero-order valence-corrected chi connectivity index (χ0v) is 14.6. The lowest BCUT2D eigenvalue weighted by molar-refractivity contribution is -0.138. The van der Waals surface area contributed by atoms with Gasteiger partial charge in [0.25, 0.3) is 5.56 Å². The van der Waals surface area contributed by atoms with Gasteiger partial charge >= 0.3 is 17.8 Å². The maximum atomic E-state index is 13.0. The second-order valence-corrected chi connectivity index (χ2v) is 5.71. The van der Waals surface area contributed by atoms with Crippen molar-refractivity contribution in [3.8, 4) is 0 Å². The van der Waals surface area contributed by atoms with E-state index in [1.807, 2.05) is 4.98 Å². The lowest BCUT2D eigenvalue weighted by atomic mass is 10.1. The molecule has 11 heteroatoms. The number of ether oxygens (including phenoxy) is 1. The van der Waals surface area contributed by atoms with E-state index in [0.717, 1.165) is 16.7 Å². The average molecular weight is 399 g/mol. The fourth-order valence-electron chi connectivity index (χ4n) is 2.49.